The van der Waals surface area contributed by atoms with Crippen molar-refractivity contribution in [3.8, 4) is 5.75 Å². The van der Waals surface area contributed by atoms with Crippen molar-refractivity contribution in [3.63, 3.8) is 0 Å². The van der Waals surface area contributed by atoms with Crippen LogP contribution < -0.4 is 10.5 Å². The van der Waals surface area contributed by atoms with Gasteiger partial charge in [0, 0.05) is 5.56 Å². The Morgan fingerprint density at radius 1 is 1.17 bits per heavy atom. The van der Waals surface area contributed by atoms with E-state index in [9.17, 15) is 8.78 Å². The van der Waals surface area contributed by atoms with Crippen LogP contribution >= 0.6 is 0 Å². The maximum Gasteiger partial charge on any atom is 0.191 e. The number of rotatable bonds is 3. The lowest BCUT2D eigenvalue weighted by atomic mass is 9.98. The van der Waals surface area contributed by atoms with Crippen LogP contribution in [0.1, 0.15) is 37.7 Å². The smallest absolute Gasteiger partial charge is 0.191 e. The Labute approximate surface area is 104 Å². The lowest BCUT2D eigenvalue weighted by Crippen LogP contribution is -2.21. The van der Waals surface area contributed by atoms with Gasteiger partial charge in [0.05, 0.1) is 6.10 Å². The summed E-state index contributed by atoms with van der Waals surface area (Å²) in [6.45, 7) is 0. The fourth-order valence-electron chi connectivity index (χ4n) is 2.18. The number of ether oxygens (including phenoxy) is 1. The molecule has 0 amide bonds. The van der Waals surface area contributed by atoms with Gasteiger partial charge in [0.25, 0.3) is 0 Å². The SMILES string of the molecule is N=C(N)c1cc(F)c(OC2CCCCC2)c(F)c1. The van der Waals surface area contributed by atoms with Crippen LogP contribution in [0, 0.1) is 17.0 Å². The molecule has 1 fully saturated rings. The molecule has 1 aliphatic carbocycles. The normalized spacial score (nSPS) is 16.6. The van der Waals surface area contributed by atoms with Crippen molar-refractivity contribution in [2.45, 2.75) is 38.2 Å². The lowest BCUT2D eigenvalue weighted by Gasteiger charge is -2.23. The van der Waals surface area contributed by atoms with Crippen molar-refractivity contribution < 1.29 is 13.5 Å². The molecule has 18 heavy (non-hydrogen) atoms. The van der Waals surface area contributed by atoms with Gasteiger partial charge < -0.3 is 10.5 Å². The molecule has 0 radical (unpaired) electrons. The van der Waals surface area contributed by atoms with E-state index in [4.69, 9.17) is 15.9 Å². The molecule has 1 saturated carbocycles. The Morgan fingerprint density at radius 2 is 1.72 bits per heavy atom. The quantitative estimate of drug-likeness (QED) is 0.643. The number of nitrogen functional groups attached to an aromatic ring is 1. The standard InChI is InChI=1S/C13H16F2N2O/c14-10-6-8(13(16)17)7-11(15)12(10)18-9-4-2-1-3-5-9/h6-7,9H,1-5H2,(H3,16,17). The first-order valence-electron chi connectivity index (χ1n) is 6.08. The van der Waals surface area contributed by atoms with Crippen molar-refractivity contribution in [3.05, 3.63) is 29.3 Å². The van der Waals surface area contributed by atoms with Gasteiger partial charge in [-0.05, 0) is 37.8 Å². The number of nitrogens with two attached hydrogens (primary N) is 1. The second-order valence-electron chi connectivity index (χ2n) is 4.56. The van der Waals surface area contributed by atoms with Crippen molar-refractivity contribution in [1.82, 2.24) is 0 Å². The highest BCUT2D eigenvalue weighted by molar-refractivity contribution is 5.95. The Bertz CT molecular complexity index is 433. The summed E-state index contributed by atoms with van der Waals surface area (Å²) in [5.41, 5.74) is 5.22. The highest BCUT2D eigenvalue weighted by Gasteiger charge is 2.20. The van der Waals surface area contributed by atoms with Crippen molar-refractivity contribution in [2.75, 3.05) is 0 Å². The summed E-state index contributed by atoms with van der Waals surface area (Å²) < 4.78 is 32.8. The molecular weight excluding hydrogens is 238 g/mol. The maximum absolute atomic E-state index is 13.7. The Kier molecular flexibility index (Phi) is 3.79. The first kappa shape index (κ1) is 12.8. The summed E-state index contributed by atoms with van der Waals surface area (Å²) in [5.74, 6) is -2.32. The van der Waals surface area contributed by atoms with E-state index in [1.807, 2.05) is 0 Å². The van der Waals surface area contributed by atoms with E-state index in [1.165, 1.54) is 0 Å². The molecule has 98 valence electrons. The first-order chi connectivity index (χ1) is 8.58. The summed E-state index contributed by atoms with van der Waals surface area (Å²) in [4.78, 5) is 0. The fraction of sp³-hybridized carbons (Fsp3) is 0.462. The molecule has 0 spiro atoms. The third-order valence-corrected chi connectivity index (χ3v) is 3.15. The number of halogens is 2. The molecule has 2 rings (SSSR count). The van der Waals surface area contributed by atoms with Gasteiger partial charge in [-0.1, -0.05) is 6.42 Å². The van der Waals surface area contributed by atoms with Crippen LogP contribution in [-0.4, -0.2) is 11.9 Å². The maximum atomic E-state index is 13.7. The largest absolute Gasteiger partial charge is 0.484 e. The Morgan fingerprint density at radius 3 is 2.22 bits per heavy atom. The van der Waals surface area contributed by atoms with E-state index < -0.39 is 11.6 Å². The summed E-state index contributed by atoms with van der Waals surface area (Å²) in [6.07, 6.45) is 4.74. The average Bonchev–Trinajstić information content (AvgIpc) is 2.34. The number of hydrogen-bond acceptors (Lipinski definition) is 2. The minimum Gasteiger partial charge on any atom is -0.484 e. The van der Waals surface area contributed by atoms with Gasteiger partial charge in [-0.25, -0.2) is 8.78 Å². The molecule has 0 atom stereocenters. The second-order valence-corrected chi connectivity index (χ2v) is 4.56. The van der Waals surface area contributed by atoms with Gasteiger partial charge in [-0.3, -0.25) is 5.41 Å². The molecule has 5 heteroatoms. The molecule has 0 aromatic heterocycles. The van der Waals surface area contributed by atoms with Crippen molar-refractivity contribution >= 4 is 5.84 Å². The third-order valence-electron chi connectivity index (χ3n) is 3.15. The minimum absolute atomic E-state index is 0.0287. The van der Waals surface area contributed by atoms with Crippen LogP contribution in [0.3, 0.4) is 0 Å². The van der Waals surface area contributed by atoms with Gasteiger partial charge in [0.15, 0.2) is 17.4 Å². The van der Waals surface area contributed by atoms with Crippen LogP contribution in [0.2, 0.25) is 0 Å². The molecule has 3 N–H and O–H groups in total. The average molecular weight is 254 g/mol. The number of nitrogens with one attached hydrogen (secondary N) is 1. The summed E-state index contributed by atoms with van der Waals surface area (Å²) in [5, 5.41) is 7.16. The first-order valence-corrected chi connectivity index (χ1v) is 6.08. The lowest BCUT2D eigenvalue weighted by molar-refractivity contribution is 0.142. The predicted molar refractivity (Wildman–Crippen MR) is 64.9 cm³/mol. The van der Waals surface area contributed by atoms with Crippen LogP contribution in [0.25, 0.3) is 0 Å². The Hall–Kier alpha value is -1.65. The van der Waals surface area contributed by atoms with E-state index in [1.54, 1.807) is 0 Å². The van der Waals surface area contributed by atoms with Crippen LogP contribution in [0.4, 0.5) is 8.78 Å². The third kappa shape index (κ3) is 2.78. The molecule has 0 aliphatic heterocycles. The van der Waals surface area contributed by atoms with Crippen molar-refractivity contribution in [2.24, 2.45) is 5.73 Å². The minimum atomic E-state index is -0.800. The predicted octanol–water partition coefficient (Wildman–Crippen LogP) is 2.96. The van der Waals surface area contributed by atoms with Gasteiger partial charge in [-0.2, -0.15) is 0 Å². The van der Waals surface area contributed by atoms with Crippen molar-refractivity contribution in [1.29, 1.82) is 5.41 Å². The topological polar surface area (TPSA) is 59.1 Å². The zero-order chi connectivity index (χ0) is 13.1. The number of hydrogen-bond donors (Lipinski definition) is 2. The fourth-order valence-corrected chi connectivity index (χ4v) is 2.18. The zero-order valence-electron chi connectivity index (χ0n) is 10.0. The zero-order valence-corrected chi connectivity index (χ0v) is 10.0. The van der Waals surface area contributed by atoms with Crippen LogP contribution in [-0.2, 0) is 0 Å². The Balaban J connectivity index is 2.19. The van der Waals surface area contributed by atoms with E-state index in [2.05, 4.69) is 0 Å². The number of amidine groups is 1. The summed E-state index contributed by atoms with van der Waals surface area (Å²) in [6, 6.07) is 2.06. The number of benzene rings is 1. The molecule has 0 unspecified atom stereocenters. The van der Waals surface area contributed by atoms with E-state index in [-0.39, 0.29) is 23.3 Å². The highest BCUT2D eigenvalue weighted by atomic mass is 19.1. The molecule has 3 nitrogen and oxygen atoms in total. The second kappa shape index (κ2) is 5.33. The molecular formula is C13H16F2N2O. The monoisotopic (exact) mass is 254 g/mol. The van der Waals surface area contributed by atoms with Crippen LogP contribution in [0.5, 0.6) is 5.75 Å². The van der Waals surface area contributed by atoms with Crippen LogP contribution in [0.15, 0.2) is 12.1 Å². The van der Waals surface area contributed by atoms with Gasteiger partial charge in [0.2, 0.25) is 0 Å². The molecule has 0 saturated heterocycles. The van der Waals surface area contributed by atoms with E-state index >= 15 is 0 Å². The summed E-state index contributed by atoms with van der Waals surface area (Å²) >= 11 is 0. The molecule has 0 heterocycles. The molecule has 1 aliphatic rings. The van der Waals surface area contributed by atoms with Gasteiger partial charge in [0.1, 0.15) is 5.84 Å². The van der Waals surface area contributed by atoms with E-state index in [0.29, 0.717) is 0 Å². The molecule has 1 aromatic carbocycles. The molecule has 1 aromatic rings. The van der Waals surface area contributed by atoms with Gasteiger partial charge >= 0.3 is 0 Å². The summed E-state index contributed by atoms with van der Waals surface area (Å²) in [7, 11) is 0. The molecule has 0 bridgehead atoms. The highest BCUT2D eigenvalue weighted by Crippen LogP contribution is 2.28. The van der Waals surface area contributed by atoms with Gasteiger partial charge in [-0.15, -0.1) is 0 Å². The van der Waals surface area contributed by atoms with E-state index in [0.717, 1.165) is 44.2 Å².